The number of amides is 1. The number of aromatic carboxylic acids is 1. The summed E-state index contributed by atoms with van der Waals surface area (Å²) >= 11 is 0. The van der Waals surface area contributed by atoms with Gasteiger partial charge in [-0.15, -0.1) is 0 Å². The molecule has 2 N–H and O–H groups in total. The number of carbonyl (C=O) groups excluding carboxylic acids is 1. The number of nitrogens with one attached hydrogen (secondary N) is 1. The van der Waals surface area contributed by atoms with Gasteiger partial charge in [-0.2, -0.15) is 0 Å². The van der Waals surface area contributed by atoms with Crippen molar-refractivity contribution < 1.29 is 14.7 Å². The van der Waals surface area contributed by atoms with E-state index < -0.39 is 5.97 Å². The van der Waals surface area contributed by atoms with Gasteiger partial charge in [0.25, 0.3) is 0 Å². The normalized spacial score (nSPS) is 13.0. The second-order valence-corrected chi connectivity index (χ2v) is 10.7. The van der Waals surface area contributed by atoms with Crippen molar-refractivity contribution in [3.05, 3.63) is 107 Å². The number of anilines is 2. The maximum Gasteiger partial charge on any atom is 0.337 e. The topological polar surface area (TPSA) is 82.5 Å². The minimum atomic E-state index is -1.07. The molecule has 0 spiro atoms. The Morgan fingerprint density at radius 3 is 2.38 bits per heavy atom. The van der Waals surface area contributed by atoms with E-state index in [4.69, 9.17) is 10.1 Å². The summed E-state index contributed by atoms with van der Waals surface area (Å²) < 4.78 is 0. The predicted molar refractivity (Wildman–Crippen MR) is 173 cm³/mol. The van der Waals surface area contributed by atoms with Crippen LogP contribution in [0.4, 0.5) is 11.5 Å². The number of hydrogen-bond donors (Lipinski definition) is 2. The van der Waals surface area contributed by atoms with Crippen LogP contribution in [0.15, 0.2) is 84.9 Å². The molecule has 6 heteroatoms. The number of aromatic nitrogens is 1. The molecule has 1 aromatic heterocycles. The van der Waals surface area contributed by atoms with Crippen molar-refractivity contribution in [2.75, 3.05) is 23.3 Å². The number of unbranched alkanes of at least 4 members (excludes halogenated alkanes) is 2. The number of benzene rings is 3. The first-order valence-electron chi connectivity index (χ1n) is 15.0. The lowest BCUT2D eigenvalue weighted by molar-refractivity contribution is -0.111. The number of carboxylic acids is 1. The highest BCUT2D eigenvalue weighted by molar-refractivity contribution is 6.06. The number of aryl methyl sites for hydroxylation is 2. The quantitative estimate of drug-likeness (QED) is 0.158. The van der Waals surface area contributed by atoms with Crippen LogP contribution in [0.1, 0.15) is 72.5 Å². The third-order valence-electron chi connectivity index (χ3n) is 7.48. The number of para-hydroxylation sites is 2. The molecule has 4 aromatic rings. The van der Waals surface area contributed by atoms with Crippen LogP contribution in [-0.2, 0) is 11.2 Å². The van der Waals surface area contributed by atoms with Crippen LogP contribution in [0.5, 0.6) is 0 Å². The highest BCUT2D eigenvalue weighted by Crippen LogP contribution is 2.24. The molecule has 0 bridgehead atoms. The summed E-state index contributed by atoms with van der Waals surface area (Å²) in [6.45, 7) is 6.68. The maximum atomic E-state index is 12.0. The van der Waals surface area contributed by atoms with Gasteiger partial charge in [0.1, 0.15) is 5.82 Å². The molecule has 0 radical (unpaired) electrons. The Morgan fingerprint density at radius 1 is 0.929 bits per heavy atom. The van der Waals surface area contributed by atoms with Crippen LogP contribution >= 0.6 is 0 Å². The van der Waals surface area contributed by atoms with E-state index in [0.29, 0.717) is 0 Å². The minimum Gasteiger partial charge on any atom is -0.478 e. The molecular formula is C36H41N3O3. The first-order valence-corrected chi connectivity index (χ1v) is 15.0. The molecule has 1 amide bonds. The standard InChI is InChI=1S/C21H23NO3.C15H18N2/c1-2-3-4-7-16-10-12-17(13-11-16)14-15-20(23)22-19-9-6-5-8-18(19)21(24)25;1-12-11-15(17-9-5-2-6-10-17)16-14-8-4-3-7-13(12)14/h5-6,8-15H,2-4,7H2,1H3,(H,22,23)(H,24,25);3-4,7-8,11H,2,5-6,9-10H2,1H3. The third-order valence-corrected chi connectivity index (χ3v) is 7.48. The van der Waals surface area contributed by atoms with Gasteiger partial charge in [0.05, 0.1) is 16.8 Å². The van der Waals surface area contributed by atoms with Crippen molar-refractivity contribution in [3.8, 4) is 0 Å². The maximum absolute atomic E-state index is 12.0. The largest absolute Gasteiger partial charge is 0.478 e. The van der Waals surface area contributed by atoms with Crippen LogP contribution in [0, 0.1) is 6.92 Å². The van der Waals surface area contributed by atoms with Crippen LogP contribution < -0.4 is 10.2 Å². The van der Waals surface area contributed by atoms with E-state index >= 15 is 0 Å². The number of carbonyl (C=O) groups is 2. The number of pyridine rings is 1. The van der Waals surface area contributed by atoms with Gasteiger partial charge < -0.3 is 15.3 Å². The van der Waals surface area contributed by atoms with Gasteiger partial charge in [-0.3, -0.25) is 4.79 Å². The van der Waals surface area contributed by atoms with Crippen molar-refractivity contribution in [1.82, 2.24) is 4.98 Å². The second kappa shape index (κ2) is 15.5. The summed E-state index contributed by atoms with van der Waals surface area (Å²) in [7, 11) is 0. The first-order chi connectivity index (χ1) is 20.4. The van der Waals surface area contributed by atoms with Crippen LogP contribution in [0.3, 0.4) is 0 Å². The fraction of sp³-hybridized carbons (Fsp3) is 0.306. The Bertz CT molecular complexity index is 1510. The number of hydrogen-bond acceptors (Lipinski definition) is 4. The summed E-state index contributed by atoms with van der Waals surface area (Å²) in [4.78, 5) is 30.4. The molecule has 1 fully saturated rings. The van der Waals surface area contributed by atoms with Crippen LogP contribution in [-0.4, -0.2) is 35.1 Å². The highest BCUT2D eigenvalue weighted by Gasteiger charge is 2.13. The van der Waals surface area contributed by atoms with Crippen molar-refractivity contribution in [1.29, 1.82) is 0 Å². The van der Waals surface area contributed by atoms with Gasteiger partial charge in [-0.1, -0.05) is 74.4 Å². The van der Waals surface area contributed by atoms with E-state index in [-0.39, 0.29) is 17.2 Å². The number of rotatable bonds is 9. The number of nitrogens with zero attached hydrogens (tertiary/aromatic N) is 2. The Hall–Kier alpha value is -4.45. The summed E-state index contributed by atoms with van der Waals surface area (Å²) in [6, 6.07) is 25.1. The molecule has 0 saturated carbocycles. The van der Waals surface area contributed by atoms with Crippen molar-refractivity contribution in [2.45, 2.75) is 58.8 Å². The van der Waals surface area contributed by atoms with Gasteiger partial charge in [0.2, 0.25) is 5.91 Å². The lowest BCUT2D eigenvalue weighted by Gasteiger charge is -2.28. The Morgan fingerprint density at radius 2 is 1.64 bits per heavy atom. The number of fused-ring (bicyclic) bond motifs is 1. The highest BCUT2D eigenvalue weighted by atomic mass is 16.4. The van der Waals surface area contributed by atoms with Gasteiger partial charge in [0, 0.05) is 24.6 Å². The van der Waals surface area contributed by atoms with Crippen molar-refractivity contribution in [3.63, 3.8) is 0 Å². The fourth-order valence-electron chi connectivity index (χ4n) is 5.12. The molecule has 0 atom stereocenters. The fourth-order valence-corrected chi connectivity index (χ4v) is 5.12. The van der Waals surface area contributed by atoms with Crippen LogP contribution in [0.25, 0.3) is 17.0 Å². The smallest absolute Gasteiger partial charge is 0.337 e. The van der Waals surface area contributed by atoms with E-state index in [1.165, 1.54) is 67.2 Å². The molecule has 1 aliphatic heterocycles. The molecule has 1 saturated heterocycles. The molecule has 3 aromatic carbocycles. The monoisotopic (exact) mass is 563 g/mol. The molecule has 2 heterocycles. The third kappa shape index (κ3) is 8.77. The minimum absolute atomic E-state index is 0.0701. The van der Waals surface area contributed by atoms with E-state index in [0.717, 1.165) is 36.4 Å². The zero-order valence-corrected chi connectivity index (χ0v) is 24.7. The average molecular weight is 564 g/mol. The lowest BCUT2D eigenvalue weighted by atomic mass is 10.1. The van der Waals surface area contributed by atoms with E-state index in [1.807, 2.05) is 12.1 Å². The zero-order chi connectivity index (χ0) is 29.7. The summed E-state index contributed by atoms with van der Waals surface area (Å²) in [5.74, 6) is -0.278. The Labute approximate surface area is 249 Å². The Balaban J connectivity index is 0.000000206. The van der Waals surface area contributed by atoms with Gasteiger partial charge in [-0.05, 0) is 86.1 Å². The molecule has 6 nitrogen and oxygen atoms in total. The average Bonchev–Trinajstić information content (AvgIpc) is 3.02. The second-order valence-electron chi connectivity index (χ2n) is 10.7. The molecule has 0 unspecified atom stereocenters. The molecule has 1 aliphatic rings. The number of piperidine rings is 1. The molecule has 218 valence electrons. The first kappa shape index (κ1) is 30.5. The molecule has 5 rings (SSSR count). The van der Waals surface area contributed by atoms with E-state index in [2.05, 4.69) is 66.5 Å². The molecule has 42 heavy (non-hydrogen) atoms. The van der Waals surface area contributed by atoms with E-state index in [1.54, 1.807) is 24.3 Å². The van der Waals surface area contributed by atoms with Crippen LogP contribution in [0.2, 0.25) is 0 Å². The van der Waals surface area contributed by atoms with Gasteiger partial charge in [-0.25, -0.2) is 9.78 Å². The predicted octanol–water partition coefficient (Wildman–Crippen LogP) is 8.30. The molecular weight excluding hydrogens is 522 g/mol. The SMILES string of the molecule is CCCCCc1ccc(C=CC(=O)Nc2ccccc2C(=O)O)cc1.Cc1cc(N2CCCCC2)nc2ccccc12. The van der Waals surface area contributed by atoms with Crippen molar-refractivity contribution >= 4 is 40.4 Å². The summed E-state index contributed by atoms with van der Waals surface area (Å²) in [5.41, 5.74) is 5.03. The van der Waals surface area contributed by atoms with Gasteiger partial charge >= 0.3 is 5.97 Å². The molecule has 0 aliphatic carbocycles. The lowest BCUT2D eigenvalue weighted by Crippen LogP contribution is -2.30. The van der Waals surface area contributed by atoms with Gasteiger partial charge in [0.15, 0.2) is 0 Å². The van der Waals surface area contributed by atoms with E-state index in [9.17, 15) is 9.59 Å². The Kier molecular flexibility index (Phi) is 11.3. The zero-order valence-electron chi connectivity index (χ0n) is 24.7. The van der Waals surface area contributed by atoms with Crippen molar-refractivity contribution in [2.24, 2.45) is 0 Å². The summed E-state index contributed by atoms with van der Waals surface area (Å²) in [6.07, 6.45) is 11.8. The summed E-state index contributed by atoms with van der Waals surface area (Å²) in [5, 5.41) is 13.0. The number of carboxylic acid groups (broad SMARTS) is 1.